The minimum absolute atomic E-state index is 0.569. The minimum atomic E-state index is 0.569. The van der Waals surface area contributed by atoms with Crippen molar-refractivity contribution in [2.45, 2.75) is 0 Å². The largest absolute Gasteiger partial charge is 0.367 e. The van der Waals surface area contributed by atoms with Gasteiger partial charge in [0.2, 0.25) is 11.6 Å². The topological polar surface area (TPSA) is 72.1 Å². The van der Waals surface area contributed by atoms with Crippen molar-refractivity contribution in [2.75, 3.05) is 14.1 Å². The van der Waals surface area contributed by atoms with Gasteiger partial charge in [-0.05, 0) is 24.3 Å². The highest BCUT2D eigenvalue weighted by Gasteiger charge is 2.16. The summed E-state index contributed by atoms with van der Waals surface area (Å²) >= 11 is 0. The van der Waals surface area contributed by atoms with Crippen LogP contribution in [0.15, 0.2) is 53.9 Å². The molecule has 22 heavy (non-hydrogen) atoms. The molecule has 7 nitrogen and oxygen atoms in total. The molecule has 0 bridgehead atoms. The van der Waals surface area contributed by atoms with Crippen LogP contribution in [0.4, 0.5) is 0 Å². The number of pyridine rings is 2. The molecule has 0 atom stereocenters. The summed E-state index contributed by atoms with van der Waals surface area (Å²) in [6.45, 7) is 0. The predicted octanol–water partition coefficient (Wildman–Crippen LogP) is 1.76. The second-order valence-corrected chi connectivity index (χ2v) is 4.78. The van der Waals surface area contributed by atoms with E-state index in [0.717, 1.165) is 0 Å². The molecule has 0 aliphatic rings. The maximum Gasteiger partial charge on any atom is 0.203 e. The summed E-state index contributed by atoms with van der Waals surface area (Å²) in [5, 5.41) is 12.9. The molecule has 0 amide bonds. The van der Waals surface area contributed by atoms with E-state index < -0.39 is 0 Å². The van der Waals surface area contributed by atoms with Crippen LogP contribution in [-0.2, 0) is 0 Å². The maximum absolute atomic E-state index is 4.43. The molecule has 0 unspecified atom stereocenters. The van der Waals surface area contributed by atoms with Crippen molar-refractivity contribution >= 4 is 6.34 Å². The highest BCUT2D eigenvalue weighted by molar-refractivity contribution is 5.60. The fourth-order valence-electron chi connectivity index (χ4n) is 1.85. The minimum Gasteiger partial charge on any atom is -0.367 e. The van der Waals surface area contributed by atoms with E-state index in [4.69, 9.17) is 0 Å². The molecular weight excluding hydrogens is 278 g/mol. The van der Waals surface area contributed by atoms with Gasteiger partial charge in [-0.3, -0.25) is 9.97 Å². The molecule has 0 aliphatic heterocycles. The zero-order chi connectivity index (χ0) is 15.4. The van der Waals surface area contributed by atoms with E-state index in [1.807, 2.05) is 55.4 Å². The molecule has 0 saturated heterocycles. The van der Waals surface area contributed by atoms with Crippen LogP contribution >= 0.6 is 0 Å². The van der Waals surface area contributed by atoms with Crippen LogP contribution in [0.2, 0.25) is 0 Å². The second-order valence-electron chi connectivity index (χ2n) is 4.78. The first kappa shape index (κ1) is 13.9. The summed E-state index contributed by atoms with van der Waals surface area (Å²) in [6.07, 6.45) is 5.11. The fourth-order valence-corrected chi connectivity index (χ4v) is 1.85. The Morgan fingerprint density at radius 1 is 0.909 bits per heavy atom. The van der Waals surface area contributed by atoms with Crippen molar-refractivity contribution in [3.05, 3.63) is 48.8 Å². The van der Waals surface area contributed by atoms with Gasteiger partial charge in [0, 0.05) is 26.5 Å². The highest BCUT2D eigenvalue weighted by Crippen LogP contribution is 2.21. The van der Waals surface area contributed by atoms with Crippen LogP contribution in [0.3, 0.4) is 0 Å². The Morgan fingerprint density at radius 2 is 1.45 bits per heavy atom. The van der Waals surface area contributed by atoms with Gasteiger partial charge in [0.15, 0.2) is 0 Å². The first-order chi connectivity index (χ1) is 10.8. The summed E-state index contributed by atoms with van der Waals surface area (Å²) in [5.41, 5.74) is 1.40. The van der Waals surface area contributed by atoms with Crippen LogP contribution in [0.5, 0.6) is 0 Å². The van der Waals surface area contributed by atoms with E-state index in [2.05, 4.69) is 25.3 Å². The quantitative estimate of drug-likeness (QED) is 0.541. The van der Waals surface area contributed by atoms with Gasteiger partial charge in [-0.15, -0.1) is 10.2 Å². The molecule has 0 aromatic carbocycles. The fraction of sp³-hybridized carbons (Fsp3) is 0.133. The standard InChI is InChI=1S/C15H15N7/c1-21(2)11-18-22-14(12-7-3-5-9-16-12)19-20-15(22)13-8-4-6-10-17-13/h3-11H,1-2H3/b18-11-. The molecule has 0 aliphatic carbocycles. The molecule has 3 aromatic rings. The van der Waals surface area contributed by atoms with Gasteiger partial charge in [0.05, 0.1) is 0 Å². The summed E-state index contributed by atoms with van der Waals surface area (Å²) in [4.78, 5) is 10.5. The van der Waals surface area contributed by atoms with Crippen molar-refractivity contribution < 1.29 is 0 Å². The van der Waals surface area contributed by atoms with Crippen LogP contribution in [0.1, 0.15) is 0 Å². The third-order valence-corrected chi connectivity index (χ3v) is 2.83. The van der Waals surface area contributed by atoms with Crippen LogP contribution in [-0.4, -0.2) is 50.2 Å². The van der Waals surface area contributed by atoms with Gasteiger partial charge in [0.25, 0.3) is 0 Å². The zero-order valence-corrected chi connectivity index (χ0v) is 12.3. The van der Waals surface area contributed by atoms with Crippen LogP contribution in [0, 0.1) is 0 Å². The molecule has 0 fully saturated rings. The average Bonchev–Trinajstić information content (AvgIpc) is 2.98. The van der Waals surface area contributed by atoms with Gasteiger partial charge in [-0.2, -0.15) is 9.78 Å². The summed E-state index contributed by atoms with van der Waals surface area (Å²) in [7, 11) is 3.80. The first-order valence-electron chi connectivity index (χ1n) is 6.75. The number of rotatable bonds is 4. The Balaban J connectivity index is 2.14. The van der Waals surface area contributed by atoms with Crippen molar-refractivity contribution in [3.8, 4) is 23.0 Å². The van der Waals surface area contributed by atoms with Crippen molar-refractivity contribution in [1.82, 2.24) is 29.7 Å². The van der Waals surface area contributed by atoms with Gasteiger partial charge < -0.3 is 4.90 Å². The van der Waals surface area contributed by atoms with Gasteiger partial charge >= 0.3 is 0 Å². The van der Waals surface area contributed by atoms with E-state index in [1.165, 1.54) is 0 Å². The smallest absolute Gasteiger partial charge is 0.203 e. The van der Waals surface area contributed by atoms with Crippen LogP contribution in [0.25, 0.3) is 23.0 Å². The lowest BCUT2D eigenvalue weighted by Crippen LogP contribution is -2.10. The van der Waals surface area contributed by atoms with Gasteiger partial charge in [0.1, 0.15) is 17.7 Å². The third-order valence-electron chi connectivity index (χ3n) is 2.83. The molecule has 0 spiro atoms. The average molecular weight is 293 g/mol. The summed E-state index contributed by atoms with van der Waals surface area (Å²) < 4.78 is 1.64. The molecule has 0 saturated carbocycles. The molecule has 3 heterocycles. The number of hydrogen-bond acceptors (Lipinski definition) is 5. The van der Waals surface area contributed by atoms with Crippen molar-refractivity contribution in [2.24, 2.45) is 5.10 Å². The molecule has 0 radical (unpaired) electrons. The summed E-state index contributed by atoms with van der Waals surface area (Å²) in [6, 6.07) is 11.2. The van der Waals surface area contributed by atoms with Gasteiger partial charge in [-0.1, -0.05) is 12.1 Å². The predicted molar refractivity (Wildman–Crippen MR) is 84.1 cm³/mol. The Hall–Kier alpha value is -3.09. The van der Waals surface area contributed by atoms with E-state index in [-0.39, 0.29) is 0 Å². The third kappa shape index (κ3) is 2.83. The molecule has 7 heteroatoms. The molecule has 3 rings (SSSR count). The maximum atomic E-state index is 4.43. The molecular formula is C15H15N7. The lowest BCUT2D eigenvalue weighted by Gasteiger charge is -2.06. The second kappa shape index (κ2) is 6.13. The van der Waals surface area contributed by atoms with E-state index in [0.29, 0.717) is 23.0 Å². The van der Waals surface area contributed by atoms with Crippen LogP contribution < -0.4 is 0 Å². The first-order valence-corrected chi connectivity index (χ1v) is 6.75. The Bertz CT molecular complexity index is 706. The number of hydrogen-bond donors (Lipinski definition) is 0. The Labute approximate surface area is 128 Å². The van der Waals surface area contributed by atoms with E-state index >= 15 is 0 Å². The number of nitrogens with zero attached hydrogens (tertiary/aromatic N) is 7. The number of aromatic nitrogens is 5. The normalized spacial score (nSPS) is 11.0. The van der Waals surface area contributed by atoms with E-state index in [9.17, 15) is 0 Å². The monoisotopic (exact) mass is 293 g/mol. The van der Waals surface area contributed by atoms with E-state index in [1.54, 1.807) is 23.4 Å². The van der Waals surface area contributed by atoms with Gasteiger partial charge in [-0.25, -0.2) is 0 Å². The molecule has 3 aromatic heterocycles. The molecule has 0 N–H and O–H groups in total. The lowest BCUT2D eigenvalue weighted by molar-refractivity contribution is 0.633. The van der Waals surface area contributed by atoms with Crippen molar-refractivity contribution in [1.29, 1.82) is 0 Å². The SMILES string of the molecule is CN(C)/C=N\n1c(-c2ccccn2)nnc1-c1ccccn1. The Kier molecular flexibility index (Phi) is 3.86. The Morgan fingerprint density at radius 3 is 1.86 bits per heavy atom. The molecule has 110 valence electrons. The zero-order valence-electron chi connectivity index (χ0n) is 12.3. The lowest BCUT2D eigenvalue weighted by atomic mass is 10.3. The van der Waals surface area contributed by atoms with Crippen molar-refractivity contribution in [3.63, 3.8) is 0 Å². The summed E-state index contributed by atoms with van der Waals surface area (Å²) in [5.74, 6) is 1.14. The highest BCUT2D eigenvalue weighted by atomic mass is 15.5.